The Morgan fingerprint density at radius 2 is 2.00 bits per heavy atom. The van der Waals surface area contributed by atoms with Crippen molar-refractivity contribution in [3.63, 3.8) is 0 Å². The summed E-state index contributed by atoms with van der Waals surface area (Å²) < 4.78 is 35.2. The highest BCUT2D eigenvalue weighted by molar-refractivity contribution is 5.81. The first-order chi connectivity index (χ1) is 14.7. The van der Waals surface area contributed by atoms with Crippen molar-refractivity contribution >= 4 is 28.5 Å². The maximum Gasteiger partial charge on any atom is 0.208 e. The number of nitrogens with zero attached hydrogens (tertiary/aromatic N) is 3. The first-order valence-electron chi connectivity index (χ1n) is 10.3. The molecule has 3 aromatic rings. The van der Waals surface area contributed by atoms with Crippen LogP contribution < -0.4 is 16.0 Å². The molecule has 1 atom stereocenters. The van der Waals surface area contributed by atoms with Crippen LogP contribution in [0.5, 0.6) is 0 Å². The van der Waals surface area contributed by atoms with Gasteiger partial charge in [0, 0.05) is 24.8 Å². The molecule has 2 aromatic heterocycles. The van der Waals surface area contributed by atoms with E-state index < -0.39 is 11.6 Å². The molecule has 0 saturated carbocycles. The van der Waals surface area contributed by atoms with Gasteiger partial charge in [-0.3, -0.25) is 0 Å². The summed E-state index contributed by atoms with van der Waals surface area (Å²) >= 11 is 0. The summed E-state index contributed by atoms with van der Waals surface area (Å²) in [5.74, 6) is 0.0112. The average Bonchev–Trinajstić information content (AvgIpc) is 3.38. The van der Waals surface area contributed by atoms with Gasteiger partial charge in [0.2, 0.25) is 5.95 Å². The van der Waals surface area contributed by atoms with Gasteiger partial charge in [-0.15, -0.1) is 0 Å². The van der Waals surface area contributed by atoms with E-state index in [0.717, 1.165) is 49.8 Å². The SMILES string of the molecule is Fc1ccc(Nc2nc3cnc(NC4CCNCC4)cc3n2[C@H]2CCOC2)c(F)c1. The zero-order valence-electron chi connectivity index (χ0n) is 16.5. The summed E-state index contributed by atoms with van der Waals surface area (Å²) in [4.78, 5) is 9.17. The number of hydrogen-bond donors (Lipinski definition) is 3. The highest BCUT2D eigenvalue weighted by atomic mass is 19.1. The zero-order valence-corrected chi connectivity index (χ0v) is 16.5. The van der Waals surface area contributed by atoms with Gasteiger partial charge in [0.15, 0.2) is 0 Å². The highest BCUT2D eigenvalue weighted by Gasteiger charge is 2.25. The molecule has 2 saturated heterocycles. The van der Waals surface area contributed by atoms with Gasteiger partial charge >= 0.3 is 0 Å². The Kier molecular flexibility index (Phi) is 5.22. The molecule has 3 N–H and O–H groups in total. The summed E-state index contributed by atoms with van der Waals surface area (Å²) in [6, 6.07) is 5.91. The first-order valence-corrected chi connectivity index (χ1v) is 10.3. The molecule has 9 heteroatoms. The van der Waals surface area contributed by atoms with Crippen LogP contribution in [0.15, 0.2) is 30.5 Å². The first kappa shape index (κ1) is 19.2. The van der Waals surface area contributed by atoms with Crippen molar-refractivity contribution in [1.82, 2.24) is 19.9 Å². The molecule has 5 rings (SSSR count). The minimum Gasteiger partial charge on any atom is -0.379 e. The van der Waals surface area contributed by atoms with Crippen molar-refractivity contribution < 1.29 is 13.5 Å². The standard InChI is InChI=1S/C21H24F2N6O/c22-13-1-2-17(16(23)9-13)27-21-28-18-11-25-20(26-14-3-6-24-7-4-14)10-19(18)29(21)15-5-8-30-12-15/h1-2,9-11,14-15,24H,3-8,12H2,(H,25,26)(H,27,28)/t15-/m0/s1. The highest BCUT2D eigenvalue weighted by Crippen LogP contribution is 2.32. The molecule has 0 spiro atoms. The molecular weight excluding hydrogens is 390 g/mol. The topological polar surface area (TPSA) is 76.0 Å². The fourth-order valence-electron chi connectivity index (χ4n) is 4.15. The van der Waals surface area contributed by atoms with Crippen LogP contribution in [-0.4, -0.2) is 46.9 Å². The molecule has 158 valence electrons. The van der Waals surface area contributed by atoms with Crippen LogP contribution in [0.4, 0.5) is 26.2 Å². The summed E-state index contributed by atoms with van der Waals surface area (Å²) in [6.45, 7) is 3.22. The molecule has 1 aromatic carbocycles. The second-order valence-electron chi connectivity index (χ2n) is 7.80. The third-order valence-corrected chi connectivity index (χ3v) is 5.72. The van der Waals surface area contributed by atoms with E-state index in [1.54, 1.807) is 6.20 Å². The predicted molar refractivity (Wildman–Crippen MR) is 111 cm³/mol. The van der Waals surface area contributed by atoms with E-state index in [-0.39, 0.29) is 11.7 Å². The summed E-state index contributed by atoms with van der Waals surface area (Å²) in [5.41, 5.74) is 1.79. The number of hydrogen-bond acceptors (Lipinski definition) is 6. The molecule has 2 fully saturated rings. The van der Waals surface area contributed by atoms with Crippen molar-refractivity contribution in [2.45, 2.75) is 31.3 Å². The predicted octanol–water partition coefficient (Wildman–Crippen LogP) is 3.58. The Labute approximate surface area is 172 Å². The summed E-state index contributed by atoms with van der Waals surface area (Å²) in [7, 11) is 0. The minimum atomic E-state index is -0.664. The van der Waals surface area contributed by atoms with Gasteiger partial charge in [-0.25, -0.2) is 18.7 Å². The van der Waals surface area contributed by atoms with Gasteiger partial charge < -0.3 is 25.3 Å². The normalized spacial score (nSPS) is 20.0. The third kappa shape index (κ3) is 3.82. The van der Waals surface area contributed by atoms with Crippen molar-refractivity contribution in [1.29, 1.82) is 0 Å². The van der Waals surface area contributed by atoms with E-state index >= 15 is 0 Å². The van der Waals surface area contributed by atoms with E-state index in [2.05, 4.69) is 25.9 Å². The number of anilines is 3. The Balaban J connectivity index is 1.51. The average molecular weight is 414 g/mol. The molecule has 0 bridgehead atoms. The summed E-state index contributed by atoms with van der Waals surface area (Å²) in [6.07, 6.45) is 4.67. The lowest BCUT2D eigenvalue weighted by molar-refractivity contribution is 0.187. The number of piperidine rings is 1. The number of imidazole rings is 1. The number of aromatic nitrogens is 3. The molecule has 0 radical (unpaired) electrons. The summed E-state index contributed by atoms with van der Waals surface area (Å²) in [5, 5.41) is 9.91. The van der Waals surface area contributed by atoms with E-state index in [1.807, 2.05) is 10.6 Å². The van der Waals surface area contributed by atoms with Crippen molar-refractivity contribution in [3.05, 3.63) is 42.1 Å². The maximum atomic E-state index is 14.2. The lowest BCUT2D eigenvalue weighted by Gasteiger charge is -2.24. The van der Waals surface area contributed by atoms with Crippen LogP contribution in [0, 0.1) is 11.6 Å². The van der Waals surface area contributed by atoms with Crippen LogP contribution in [-0.2, 0) is 4.74 Å². The molecule has 0 unspecified atom stereocenters. The second kappa shape index (κ2) is 8.16. The van der Waals surface area contributed by atoms with Crippen LogP contribution in [0.2, 0.25) is 0 Å². The van der Waals surface area contributed by atoms with Gasteiger partial charge in [0.05, 0.1) is 30.0 Å². The van der Waals surface area contributed by atoms with Crippen molar-refractivity contribution in [2.75, 3.05) is 36.9 Å². The minimum absolute atomic E-state index is 0.0788. The van der Waals surface area contributed by atoms with E-state index in [9.17, 15) is 8.78 Å². The number of halogens is 2. The zero-order chi connectivity index (χ0) is 20.5. The van der Waals surface area contributed by atoms with Crippen molar-refractivity contribution in [2.24, 2.45) is 0 Å². The van der Waals surface area contributed by atoms with E-state index in [0.29, 0.717) is 30.7 Å². The number of rotatable bonds is 5. The molecular formula is C21H24F2N6O. The largest absolute Gasteiger partial charge is 0.379 e. The van der Waals surface area contributed by atoms with Crippen LogP contribution in [0.3, 0.4) is 0 Å². The van der Waals surface area contributed by atoms with E-state index in [1.165, 1.54) is 12.1 Å². The fourth-order valence-corrected chi connectivity index (χ4v) is 4.15. The number of pyridine rings is 1. The maximum absolute atomic E-state index is 14.2. The number of benzene rings is 1. The Morgan fingerprint density at radius 1 is 1.13 bits per heavy atom. The van der Waals surface area contributed by atoms with Gasteiger partial charge in [0.25, 0.3) is 0 Å². The monoisotopic (exact) mass is 414 g/mol. The van der Waals surface area contributed by atoms with Gasteiger partial charge in [0.1, 0.15) is 23.0 Å². The van der Waals surface area contributed by atoms with Crippen LogP contribution >= 0.6 is 0 Å². The van der Waals surface area contributed by atoms with E-state index in [4.69, 9.17) is 4.74 Å². The van der Waals surface area contributed by atoms with Crippen molar-refractivity contribution in [3.8, 4) is 0 Å². The number of ether oxygens (including phenoxy) is 1. The lowest BCUT2D eigenvalue weighted by atomic mass is 10.1. The lowest BCUT2D eigenvalue weighted by Crippen LogP contribution is -2.35. The van der Waals surface area contributed by atoms with Gasteiger partial charge in [-0.2, -0.15) is 0 Å². The molecule has 2 aliphatic heterocycles. The Hall–Kier alpha value is -2.78. The number of fused-ring (bicyclic) bond motifs is 1. The third-order valence-electron chi connectivity index (χ3n) is 5.72. The van der Waals surface area contributed by atoms with Gasteiger partial charge in [-0.05, 0) is 44.5 Å². The number of nitrogens with one attached hydrogen (secondary N) is 3. The molecule has 4 heterocycles. The second-order valence-corrected chi connectivity index (χ2v) is 7.80. The molecule has 7 nitrogen and oxygen atoms in total. The molecule has 2 aliphatic rings. The molecule has 0 aliphatic carbocycles. The Morgan fingerprint density at radius 3 is 2.77 bits per heavy atom. The Bertz CT molecular complexity index is 1040. The smallest absolute Gasteiger partial charge is 0.208 e. The van der Waals surface area contributed by atoms with Crippen LogP contribution in [0.25, 0.3) is 11.0 Å². The quantitative estimate of drug-likeness (QED) is 0.593. The molecule has 0 amide bonds. The molecule has 30 heavy (non-hydrogen) atoms. The fraction of sp³-hybridized carbons (Fsp3) is 0.429. The van der Waals surface area contributed by atoms with Crippen LogP contribution in [0.1, 0.15) is 25.3 Å². The van der Waals surface area contributed by atoms with Gasteiger partial charge in [-0.1, -0.05) is 0 Å².